The van der Waals surface area contributed by atoms with E-state index in [0.29, 0.717) is 11.6 Å². The molecular weight excluding hydrogens is 367 g/mol. The molecule has 0 aliphatic carbocycles. The second-order valence-corrected chi connectivity index (χ2v) is 9.89. The van der Waals surface area contributed by atoms with E-state index in [1.165, 1.54) is 21.7 Å². The van der Waals surface area contributed by atoms with Gasteiger partial charge in [0.1, 0.15) is 0 Å². The Morgan fingerprint density at radius 1 is 0.552 bits per heavy atom. The van der Waals surface area contributed by atoms with E-state index < -0.39 is 7.92 Å². The third-order valence-electron chi connectivity index (χ3n) is 5.43. The summed E-state index contributed by atoms with van der Waals surface area (Å²) < 4.78 is 0. The molecule has 0 aliphatic heterocycles. The minimum Gasteiger partial charge on any atom is -0.0622 e. The first-order valence-electron chi connectivity index (χ1n) is 10.3. The lowest BCUT2D eigenvalue weighted by Gasteiger charge is -2.34. The fourth-order valence-corrected chi connectivity index (χ4v) is 7.14. The molecular formula is C28H27P. The molecule has 0 saturated heterocycles. The van der Waals surface area contributed by atoms with Crippen molar-refractivity contribution in [2.24, 2.45) is 5.92 Å². The fourth-order valence-electron chi connectivity index (χ4n) is 4.13. The minimum atomic E-state index is -0.526. The summed E-state index contributed by atoms with van der Waals surface area (Å²) in [6.45, 7) is 2.42. The van der Waals surface area contributed by atoms with Gasteiger partial charge in [-0.3, -0.25) is 0 Å². The topological polar surface area (TPSA) is 0 Å². The second kappa shape index (κ2) is 9.68. The highest BCUT2D eigenvalue weighted by Crippen LogP contribution is 2.54. The Labute approximate surface area is 176 Å². The summed E-state index contributed by atoms with van der Waals surface area (Å²) in [5.74, 6) is 0.520. The highest BCUT2D eigenvalue weighted by molar-refractivity contribution is 7.73. The van der Waals surface area contributed by atoms with Crippen molar-refractivity contribution in [2.75, 3.05) is 0 Å². The van der Waals surface area contributed by atoms with Gasteiger partial charge in [0.2, 0.25) is 0 Å². The van der Waals surface area contributed by atoms with E-state index in [-0.39, 0.29) is 0 Å². The molecule has 0 aliphatic rings. The van der Waals surface area contributed by atoms with Crippen LogP contribution in [0.4, 0.5) is 0 Å². The van der Waals surface area contributed by atoms with Crippen LogP contribution in [0.25, 0.3) is 0 Å². The summed E-state index contributed by atoms with van der Waals surface area (Å²) in [6.07, 6.45) is 1.08. The summed E-state index contributed by atoms with van der Waals surface area (Å²) in [5.41, 5.74) is 3.31. The number of hydrogen-bond acceptors (Lipinski definition) is 0. The van der Waals surface area contributed by atoms with Crippen molar-refractivity contribution in [3.63, 3.8) is 0 Å². The van der Waals surface area contributed by atoms with E-state index in [4.69, 9.17) is 0 Å². The van der Waals surface area contributed by atoms with E-state index >= 15 is 0 Å². The summed E-state index contributed by atoms with van der Waals surface area (Å²) in [6, 6.07) is 44.2. The van der Waals surface area contributed by atoms with Gasteiger partial charge < -0.3 is 0 Å². The van der Waals surface area contributed by atoms with Crippen LogP contribution in [0, 0.1) is 5.92 Å². The van der Waals surface area contributed by atoms with Gasteiger partial charge in [-0.1, -0.05) is 128 Å². The van der Waals surface area contributed by atoms with E-state index in [0.717, 1.165) is 6.42 Å². The van der Waals surface area contributed by atoms with Gasteiger partial charge in [0, 0.05) is 5.66 Å². The Hall–Kier alpha value is -2.69. The van der Waals surface area contributed by atoms with Crippen LogP contribution < -0.4 is 10.6 Å². The van der Waals surface area contributed by atoms with Crippen molar-refractivity contribution in [3.05, 3.63) is 132 Å². The van der Waals surface area contributed by atoms with Crippen LogP contribution in [0.15, 0.2) is 121 Å². The first kappa shape index (κ1) is 19.6. The Morgan fingerprint density at radius 2 is 0.966 bits per heavy atom. The van der Waals surface area contributed by atoms with Gasteiger partial charge in [-0.25, -0.2) is 0 Å². The minimum absolute atomic E-state index is 0.455. The maximum Gasteiger partial charge on any atom is 0.0151 e. The van der Waals surface area contributed by atoms with Gasteiger partial charge >= 0.3 is 0 Å². The molecule has 0 aromatic heterocycles. The molecule has 0 saturated carbocycles. The zero-order valence-corrected chi connectivity index (χ0v) is 17.8. The van der Waals surface area contributed by atoms with Gasteiger partial charge in [0.05, 0.1) is 0 Å². The molecule has 0 amide bonds. The van der Waals surface area contributed by atoms with Gasteiger partial charge in [0.25, 0.3) is 0 Å². The molecule has 0 nitrogen and oxygen atoms in total. The van der Waals surface area contributed by atoms with E-state index in [1.54, 1.807) is 0 Å². The van der Waals surface area contributed by atoms with Crippen LogP contribution in [-0.2, 0) is 6.42 Å². The van der Waals surface area contributed by atoms with Crippen LogP contribution in [0.1, 0.15) is 23.7 Å². The van der Waals surface area contributed by atoms with Gasteiger partial charge in [0.15, 0.2) is 0 Å². The van der Waals surface area contributed by atoms with Crippen LogP contribution in [0.5, 0.6) is 0 Å². The molecule has 1 heteroatoms. The first-order valence-corrected chi connectivity index (χ1v) is 11.7. The molecule has 29 heavy (non-hydrogen) atoms. The summed E-state index contributed by atoms with van der Waals surface area (Å²) in [4.78, 5) is 0. The lowest BCUT2D eigenvalue weighted by molar-refractivity contribution is 0.561. The van der Waals surface area contributed by atoms with E-state index in [9.17, 15) is 0 Å². The molecule has 0 radical (unpaired) electrons. The van der Waals surface area contributed by atoms with Crippen molar-refractivity contribution < 1.29 is 0 Å². The molecule has 4 aromatic rings. The number of rotatable bonds is 7. The monoisotopic (exact) mass is 394 g/mol. The normalized spacial score (nSPS) is 13.2. The maximum absolute atomic E-state index is 2.42. The molecule has 0 fully saturated rings. The second-order valence-electron chi connectivity index (χ2n) is 7.56. The zero-order chi connectivity index (χ0) is 19.9. The molecule has 2 unspecified atom stereocenters. The van der Waals surface area contributed by atoms with Crippen LogP contribution >= 0.6 is 7.92 Å². The van der Waals surface area contributed by atoms with Crippen molar-refractivity contribution in [2.45, 2.75) is 19.0 Å². The fraction of sp³-hybridized carbons (Fsp3) is 0.143. The van der Waals surface area contributed by atoms with Crippen molar-refractivity contribution in [3.8, 4) is 0 Å². The number of hydrogen-bond donors (Lipinski definition) is 0. The van der Waals surface area contributed by atoms with E-state index in [1.807, 2.05) is 0 Å². The predicted molar refractivity (Wildman–Crippen MR) is 128 cm³/mol. The average Bonchev–Trinajstić information content (AvgIpc) is 2.79. The third kappa shape index (κ3) is 4.84. The molecule has 0 bridgehead atoms. The maximum atomic E-state index is 2.42. The quantitative estimate of drug-likeness (QED) is 0.305. The van der Waals surface area contributed by atoms with Crippen LogP contribution in [-0.4, -0.2) is 0 Å². The SMILES string of the molecule is CC(Cc1ccccc1)C(c1ccccc1)P(c1ccccc1)c1ccccc1. The molecule has 4 rings (SSSR count). The summed E-state index contributed by atoms with van der Waals surface area (Å²) in [5, 5.41) is 2.89. The van der Waals surface area contributed by atoms with Crippen molar-refractivity contribution in [1.82, 2.24) is 0 Å². The lowest BCUT2D eigenvalue weighted by atomic mass is 9.93. The predicted octanol–water partition coefficient (Wildman–Crippen LogP) is 6.74. The first-order chi connectivity index (χ1) is 14.3. The molecule has 4 aromatic carbocycles. The van der Waals surface area contributed by atoms with Crippen molar-refractivity contribution in [1.29, 1.82) is 0 Å². The highest BCUT2D eigenvalue weighted by atomic mass is 31.1. The zero-order valence-electron chi connectivity index (χ0n) is 16.9. The molecule has 144 valence electrons. The van der Waals surface area contributed by atoms with Crippen molar-refractivity contribution >= 4 is 18.5 Å². The standard InChI is InChI=1S/C28H27P/c1-23(22-24-14-6-2-7-15-24)28(25-16-8-3-9-17-25)29(26-18-10-4-11-19-26)27-20-12-5-13-21-27/h2-21,23,28H,22H2,1H3. The average molecular weight is 394 g/mol. The van der Waals surface area contributed by atoms with Crippen LogP contribution in [0.2, 0.25) is 0 Å². The molecule has 2 atom stereocenters. The molecule has 0 heterocycles. The Kier molecular flexibility index (Phi) is 6.55. The van der Waals surface area contributed by atoms with Gasteiger partial charge in [-0.15, -0.1) is 0 Å². The lowest BCUT2D eigenvalue weighted by Crippen LogP contribution is -2.22. The Bertz CT molecular complexity index is 942. The smallest absolute Gasteiger partial charge is 0.0151 e. The van der Waals surface area contributed by atoms with Gasteiger partial charge in [-0.05, 0) is 42.0 Å². The molecule has 0 spiro atoms. The van der Waals surface area contributed by atoms with E-state index in [2.05, 4.69) is 128 Å². The highest BCUT2D eigenvalue weighted by Gasteiger charge is 2.30. The third-order valence-corrected chi connectivity index (χ3v) is 8.50. The largest absolute Gasteiger partial charge is 0.0622 e. The Morgan fingerprint density at radius 3 is 1.45 bits per heavy atom. The van der Waals surface area contributed by atoms with Gasteiger partial charge in [-0.2, -0.15) is 0 Å². The Balaban J connectivity index is 1.80. The summed E-state index contributed by atoms with van der Waals surface area (Å²) >= 11 is 0. The number of benzene rings is 4. The van der Waals surface area contributed by atoms with Crippen LogP contribution in [0.3, 0.4) is 0 Å². The molecule has 0 N–H and O–H groups in total. The summed E-state index contributed by atoms with van der Waals surface area (Å²) in [7, 11) is -0.526.